The van der Waals surface area contributed by atoms with E-state index < -0.39 is 0 Å². The van der Waals surface area contributed by atoms with Gasteiger partial charge in [-0.2, -0.15) is 0 Å². The van der Waals surface area contributed by atoms with Crippen LogP contribution in [0.15, 0.2) is 0 Å². The van der Waals surface area contributed by atoms with Crippen LogP contribution in [0.3, 0.4) is 0 Å². The van der Waals surface area contributed by atoms with Gasteiger partial charge >= 0.3 is 37.1 Å². The molecule has 5 heteroatoms. The number of fused-ring (bicyclic) bond motifs is 1. The molecule has 0 radical (unpaired) electrons. The van der Waals surface area contributed by atoms with Crippen molar-refractivity contribution in [1.29, 1.82) is 0 Å². The van der Waals surface area contributed by atoms with E-state index in [4.69, 9.17) is 14.2 Å². The first-order valence-electron chi connectivity index (χ1n) is 4.93. The first kappa shape index (κ1) is 11.9. The molecule has 3 saturated heterocycles. The fourth-order valence-corrected chi connectivity index (χ4v) is 2.58. The van der Waals surface area contributed by atoms with E-state index in [-0.39, 0.29) is 67.4 Å². The predicted octanol–water partition coefficient (Wildman–Crippen LogP) is 0.470. The van der Waals surface area contributed by atoms with Crippen LogP contribution in [0, 0.1) is 50.6 Å². The number of esters is 1. The second-order valence-corrected chi connectivity index (χ2v) is 3.94. The second-order valence-electron chi connectivity index (χ2n) is 3.94. The van der Waals surface area contributed by atoms with Crippen LogP contribution in [0.5, 0.6) is 0 Å². The van der Waals surface area contributed by atoms with E-state index in [0.717, 1.165) is 6.42 Å². The molecule has 0 aromatic carbocycles. The molecule has 5 unspecified atom stereocenters. The minimum absolute atomic E-state index is 0. The molecule has 2 bridgehead atoms. The smallest absolute Gasteiger partial charge is 0.547 e. The predicted molar refractivity (Wildman–Crippen MR) is 45.8 cm³/mol. The number of carbonyl (C=O) groups is 1. The van der Waals surface area contributed by atoms with E-state index in [1.807, 2.05) is 0 Å². The van der Waals surface area contributed by atoms with Crippen LogP contribution in [0.25, 0.3) is 0 Å². The minimum Gasteiger partial charge on any atom is -0.547 e. The molecule has 5 atom stereocenters. The number of carbonyl (C=O) groups excluding carboxylic acids is 1. The van der Waals surface area contributed by atoms with Crippen molar-refractivity contribution >= 4 is 5.97 Å². The number of hydrogen-bond acceptors (Lipinski definition) is 4. The molecule has 3 fully saturated rings. The van der Waals surface area contributed by atoms with Crippen molar-refractivity contribution in [2.45, 2.75) is 37.3 Å². The van der Waals surface area contributed by atoms with Gasteiger partial charge in [-0.15, -0.1) is 0 Å². The van der Waals surface area contributed by atoms with Crippen LogP contribution in [0.4, 0.5) is 0 Å². The molecule has 3 aliphatic rings. The number of rotatable bonds is 3. The summed E-state index contributed by atoms with van der Waals surface area (Å²) in [7, 11) is 0. The molecule has 0 amide bonds. The molecule has 80 valence electrons. The van der Waals surface area contributed by atoms with E-state index in [1.54, 1.807) is 6.61 Å². The topological polar surface area (TPSA) is 44.8 Å². The van der Waals surface area contributed by atoms with Crippen molar-refractivity contribution in [3.63, 3.8) is 0 Å². The van der Waals surface area contributed by atoms with Crippen molar-refractivity contribution in [2.75, 3.05) is 0 Å². The SMILES string of the molecule is [CH2-]C[CH-]OC1C2CC3C(=O)OC1C3O2.[U+2]. The molecule has 3 heterocycles. The van der Waals surface area contributed by atoms with E-state index in [2.05, 4.69) is 6.92 Å². The summed E-state index contributed by atoms with van der Waals surface area (Å²) in [6.45, 7) is 5.30. The average Bonchev–Trinajstić information content (AvgIpc) is 2.76. The molecule has 0 N–H and O–H groups in total. The standard InChI is InChI=1S/C10H12O4.U/c1-2-3-12-8-6-4-5-7(13-6)9(8)14-10(5)11;/h3,5-9H,1-2,4H2;/q-2;+2. The van der Waals surface area contributed by atoms with Gasteiger partial charge in [0.25, 0.3) is 0 Å². The fourth-order valence-electron chi connectivity index (χ4n) is 2.58. The fraction of sp³-hybridized carbons (Fsp3) is 0.700. The molecule has 0 spiro atoms. The monoisotopic (exact) mass is 434 g/mol. The van der Waals surface area contributed by atoms with Gasteiger partial charge in [0.05, 0.1) is 18.1 Å². The zero-order valence-corrected chi connectivity index (χ0v) is 12.4. The first-order valence-corrected chi connectivity index (χ1v) is 4.93. The number of hydrogen-bond donors (Lipinski definition) is 0. The van der Waals surface area contributed by atoms with E-state index in [1.165, 1.54) is 0 Å². The Morgan fingerprint density at radius 1 is 1.53 bits per heavy atom. The van der Waals surface area contributed by atoms with Gasteiger partial charge in [-0.1, -0.05) is 0 Å². The Bertz CT molecular complexity index is 270. The third-order valence-electron chi connectivity index (χ3n) is 3.15. The normalized spacial score (nSPS) is 45.4. The summed E-state index contributed by atoms with van der Waals surface area (Å²) >= 11 is 0. The zero-order valence-electron chi connectivity index (χ0n) is 8.22. The van der Waals surface area contributed by atoms with E-state index in [9.17, 15) is 4.79 Å². The van der Waals surface area contributed by atoms with Gasteiger partial charge in [0, 0.05) is 0 Å². The Labute approximate surface area is 112 Å². The molecular formula is C10H12O4U. The van der Waals surface area contributed by atoms with Crippen molar-refractivity contribution in [3.05, 3.63) is 13.5 Å². The molecule has 3 aliphatic heterocycles. The molecule has 0 aliphatic carbocycles. The van der Waals surface area contributed by atoms with Crippen LogP contribution in [0.2, 0.25) is 0 Å². The van der Waals surface area contributed by atoms with E-state index >= 15 is 0 Å². The summed E-state index contributed by atoms with van der Waals surface area (Å²) in [5, 5.41) is 0. The van der Waals surface area contributed by atoms with Crippen molar-refractivity contribution < 1.29 is 50.1 Å². The van der Waals surface area contributed by atoms with Crippen molar-refractivity contribution in [3.8, 4) is 0 Å². The molecule has 0 aromatic rings. The number of ether oxygens (including phenoxy) is 3. The molecule has 15 heavy (non-hydrogen) atoms. The van der Waals surface area contributed by atoms with Crippen molar-refractivity contribution in [1.82, 2.24) is 0 Å². The third-order valence-corrected chi connectivity index (χ3v) is 3.15. The van der Waals surface area contributed by atoms with Gasteiger partial charge in [-0.05, 0) is 6.42 Å². The Hall–Kier alpha value is 0.442. The van der Waals surface area contributed by atoms with Gasteiger partial charge < -0.3 is 21.1 Å². The Balaban J connectivity index is 0.000000853. The third kappa shape index (κ3) is 1.68. The molecule has 0 aromatic heterocycles. The van der Waals surface area contributed by atoms with Gasteiger partial charge in [-0.3, -0.25) is 11.2 Å². The van der Waals surface area contributed by atoms with Gasteiger partial charge in [0.15, 0.2) is 6.10 Å². The minimum atomic E-state index is -0.186. The Morgan fingerprint density at radius 2 is 2.33 bits per heavy atom. The van der Waals surface area contributed by atoms with Crippen LogP contribution in [-0.2, 0) is 19.0 Å². The summed E-state index contributed by atoms with van der Waals surface area (Å²) in [6, 6.07) is 0. The Morgan fingerprint density at radius 3 is 3.07 bits per heavy atom. The van der Waals surface area contributed by atoms with E-state index in [0.29, 0.717) is 6.42 Å². The van der Waals surface area contributed by atoms with Crippen molar-refractivity contribution in [2.24, 2.45) is 5.92 Å². The zero-order chi connectivity index (χ0) is 9.71. The molecule has 4 nitrogen and oxygen atoms in total. The maximum Gasteiger partial charge on any atom is 2.00 e. The van der Waals surface area contributed by atoms with Gasteiger partial charge in [-0.25, -0.2) is 6.61 Å². The molecule has 3 rings (SSSR count). The maximum absolute atomic E-state index is 11.3. The summed E-state index contributed by atoms with van der Waals surface area (Å²) in [5.74, 6) is -0.159. The second kappa shape index (κ2) is 4.37. The summed E-state index contributed by atoms with van der Waals surface area (Å²) in [5.41, 5.74) is 0. The van der Waals surface area contributed by atoms with Crippen LogP contribution < -0.4 is 0 Å². The van der Waals surface area contributed by atoms with Crippen LogP contribution >= 0.6 is 0 Å². The first-order chi connectivity index (χ1) is 6.81. The Kier molecular flexibility index (Phi) is 3.47. The van der Waals surface area contributed by atoms with Gasteiger partial charge in [0.2, 0.25) is 0 Å². The summed E-state index contributed by atoms with van der Waals surface area (Å²) < 4.78 is 16.3. The maximum atomic E-state index is 11.3. The van der Waals surface area contributed by atoms with Crippen LogP contribution in [0.1, 0.15) is 12.8 Å². The van der Waals surface area contributed by atoms with Gasteiger partial charge in [0.1, 0.15) is 6.10 Å². The van der Waals surface area contributed by atoms with Crippen LogP contribution in [-0.4, -0.2) is 30.4 Å². The molecular weight excluding hydrogens is 422 g/mol. The average molecular weight is 434 g/mol. The largest absolute Gasteiger partial charge is 2.00 e. The summed E-state index contributed by atoms with van der Waals surface area (Å²) in [6.07, 6.45) is 1.03. The molecule has 0 saturated carbocycles. The summed E-state index contributed by atoms with van der Waals surface area (Å²) in [4.78, 5) is 11.3. The quantitative estimate of drug-likeness (QED) is 0.479.